The summed E-state index contributed by atoms with van der Waals surface area (Å²) in [7, 11) is 1.39. The Balaban J connectivity index is 1.92. The van der Waals surface area contributed by atoms with E-state index in [4.69, 9.17) is 8.94 Å². The number of methoxy groups -OCH3 is 1. The third-order valence-corrected chi connectivity index (χ3v) is 3.02. The van der Waals surface area contributed by atoms with E-state index in [1.54, 1.807) is 12.3 Å². The molecule has 0 spiro atoms. The number of carbonyl (C=O) groups is 1. The van der Waals surface area contributed by atoms with Gasteiger partial charge in [0, 0.05) is 19.2 Å². The molecule has 6 heteroatoms. The van der Waals surface area contributed by atoms with Crippen molar-refractivity contribution in [3.05, 3.63) is 30.2 Å². The van der Waals surface area contributed by atoms with Crippen LogP contribution in [0.5, 0.6) is 0 Å². The van der Waals surface area contributed by atoms with Gasteiger partial charge in [-0.25, -0.2) is 0 Å². The van der Waals surface area contributed by atoms with Gasteiger partial charge in [0.05, 0.1) is 25.5 Å². The zero-order chi connectivity index (χ0) is 14.4. The molecular weight excluding hydrogens is 260 g/mol. The number of carbonyl (C=O) groups excluding carboxylic acids is 1. The molecule has 2 rings (SSSR count). The first-order chi connectivity index (χ1) is 9.72. The van der Waals surface area contributed by atoms with Gasteiger partial charge >= 0.3 is 5.97 Å². The van der Waals surface area contributed by atoms with Gasteiger partial charge in [-0.1, -0.05) is 12.1 Å². The van der Waals surface area contributed by atoms with E-state index >= 15 is 0 Å². The van der Waals surface area contributed by atoms with Crippen LogP contribution >= 0.6 is 0 Å². The van der Waals surface area contributed by atoms with Crippen LogP contribution in [-0.4, -0.2) is 36.2 Å². The van der Waals surface area contributed by atoms with Crippen molar-refractivity contribution in [2.45, 2.75) is 19.9 Å². The average molecular weight is 278 g/mol. The molecule has 0 aromatic carbocycles. The maximum Gasteiger partial charge on any atom is 0.306 e. The summed E-state index contributed by atoms with van der Waals surface area (Å²) in [6, 6.07) is 5.46. The van der Waals surface area contributed by atoms with E-state index in [1.165, 1.54) is 7.11 Å². The fraction of sp³-hybridized carbons (Fsp3) is 0.429. The van der Waals surface area contributed by atoms with Crippen molar-refractivity contribution in [1.29, 1.82) is 0 Å². The number of aromatic nitrogens is 1. The molecule has 0 aliphatic carbocycles. The maximum absolute atomic E-state index is 11.1. The minimum atomic E-state index is -0.208. The predicted molar refractivity (Wildman–Crippen MR) is 71.8 cm³/mol. The van der Waals surface area contributed by atoms with Crippen molar-refractivity contribution >= 4 is 5.97 Å². The van der Waals surface area contributed by atoms with Crippen LogP contribution in [0.15, 0.2) is 33.4 Å². The molecule has 2 heterocycles. The molecule has 0 aliphatic heterocycles. The minimum absolute atomic E-state index is 0.208. The van der Waals surface area contributed by atoms with Crippen LogP contribution in [0.3, 0.4) is 0 Å². The normalized spacial score (nSPS) is 10.9. The Kier molecular flexibility index (Phi) is 4.95. The first kappa shape index (κ1) is 14.3. The largest absolute Gasteiger partial charge is 0.469 e. The first-order valence-electron chi connectivity index (χ1n) is 6.51. The van der Waals surface area contributed by atoms with Gasteiger partial charge in [0.25, 0.3) is 0 Å². The smallest absolute Gasteiger partial charge is 0.306 e. The van der Waals surface area contributed by atoms with Crippen LogP contribution < -0.4 is 0 Å². The zero-order valence-corrected chi connectivity index (χ0v) is 11.7. The van der Waals surface area contributed by atoms with E-state index in [1.807, 2.05) is 19.1 Å². The topological polar surface area (TPSA) is 68.7 Å². The molecule has 0 N–H and O–H groups in total. The molecule has 0 bridgehead atoms. The van der Waals surface area contributed by atoms with Crippen molar-refractivity contribution in [3.8, 4) is 11.5 Å². The zero-order valence-electron chi connectivity index (χ0n) is 11.7. The number of hydrogen-bond donors (Lipinski definition) is 0. The van der Waals surface area contributed by atoms with Crippen LogP contribution in [0, 0.1) is 0 Å². The van der Waals surface area contributed by atoms with E-state index in [-0.39, 0.29) is 5.97 Å². The van der Waals surface area contributed by atoms with Crippen molar-refractivity contribution in [2.75, 3.05) is 20.2 Å². The van der Waals surface area contributed by atoms with Crippen LogP contribution in [0.1, 0.15) is 19.0 Å². The molecule has 0 aliphatic rings. The Morgan fingerprint density at radius 2 is 2.30 bits per heavy atom. The molecular formula is C14H18N2O4. The third-order valence-electron chi connectivity index (χ3n) is 3.02. The molecule has 0 atom stereocenters. The Hall–Kier alpha value is -2.08. The highest BCUT2D eigenvalue weighted by molar-refractivity contribution is 5.69. The van der Waals surface area contributed by atoms with Gasteiger partial charge in [-0.05, 0) is 18.7 Å². The fourth-order valence-corrected chi connectivity index (χ4v) is 1.85. The molecule has 0 saturated heterocycles. The minimum Gasteiger partial charge on any atom is -0.469 e. The molecule has 20 heavy (non-hydrogen) atoms. The van der Waals surface area contributed by atoms with Crippen molar-refractivity contribution < 1.29 is 18.5 Å². The van der Waals surface area contributed by atoms with Crippen molar-refractivity contribution in [2.24, 2.45) is 0 Å². The summed E-state index contributed by atoms with van der Waals surface area (Å²) in [5, 5.41) is 4.01. The lowest BCUT2D eigenvalue weighted by atomic mass is 10.3. The Bertz CT molecular complexity index is 533. The summed E-state index contributed by atoms with van der Waals surface area (Å²) in [4.78, 5) is 13.2. The lowest BCUT2D eigenvalue weighted by molar-refractivity contribution is -0.141. The van der Waals surface area contributed by atoms with E-state index < -0.39 is 0 Å². The number of furan rings is 1. The second kappa shape index (κ2) is 6.91. The molecule has 0 fully saturated rings. The van der Waals surface area contributed by atoms with E-state index in [0.717, 1.165) is 12.2 Å². The number of ether oxygens (including phenoxy) is 1. The molecule has 0 saturated carbocycles. The molecule has 0 radical (unpaired) electrons. The molecule has 2 aromatic heterocycles. The fourth-order valence-electron chi connectivity index (χ4n) is 1.85. The van der Waals surface area contributed by atoms with Gasteiger partial charge in [-0.15, -0.1) is 0 Å². The van der Waals surface area contributed by atoms with Crippen molar-refractivity contribution in [1.82, 2.24) is 10.1 Å². The summed E-state index contributed by atoms with van der Waals surface area (Å²) < 4.78 is 15.1. The Morgan fingerprint density at radius 1 is 1.45 bits per heavy atom. The standard InChI is InChI=1S/C14H18N2O4/c1-3-16(7-6-14(17)18-2)10-11-9-13(20-15-11)12-5-4-8-19-12/h4-5,8-9H,3,6-7,10H2,1-2H3. The second-order valence-corrected chi connectivity index (χ2v) is 4.35. The number of rotatable bonds is 7. The molecule has 108 valence electrons. The summed E-state index contributed by atoms with van der Waals surface area (Å²) in [5.74, 6) is 1.05. The predicted octanol–water partition coefficient (Wildman–Crippen LogP) is 2.32. The summed E-state index contributed by atoms with van der Waals surface area (Å²) in [5.41, 5.74) is 0.808. The van der Waals surface area contributed by atoms with Crippen LogP contribution in [-0.2, 0) is 16.1 Å². The Morgan fingerprint density at radius 3 is 2.95 bits per heavy atom. The lowest BCUT2D eigenvalue weighted by Gasteiger charge is -2.17. The maximum atomic E-state index is 11.1. The third kappa shape index (κ3) is 3.71. The van der Waals surface area contributed by atoms with E-state index in [2.05, 4.69) is 14.8 Å². The highest BCUT2D eigenvalue weighted by Crippen LogP contribution is 2.21. The van der Waals surface area contributed by atoms with Gasteiger partial charge in [0.1, 0.15) is 0 Å². The van der Waals surface area contributed by atoms with Crippen molar-refractivity contribution in [3.63, 3.8) is 0 Å². The SMILES string of the molecule is CCN(CCC(=O)OC)Cc1cc(-c2ccco2)on1. The molecule has 0 amide bonds. The van der Waals surface area contributed by atoms with Gasteiger partial charge < -0.3 is 13.7 Å². The van der Waals surface area contributed by atoms with Gasteiger partial charge in [0.15, 0.2) is 5.76 Å². The van der Waals surface area contributed by atoms with Gasteiger partial charge in [-0.3, -0.25) is 9.69 Å². The van der Waals surface area contributed by atoms with E-state index in [0.29, 0.717) is 31.0 Å². The average Bonchev–Trinajstić information content (AvgIpc) is 3.13. The Labute approximate surface area is 117 Å². The number of hydrogen-bond acceptors (Lipinski definition) is 6. The quantitative estimate of drug-likeness (QED) is 0.724. The summed E-state index contributed by atoms with van der Waals surface area (Å²) in [6.45, 7) is 4.11. The molecule has 0 unspecified atom stereocenters. The second-order valence-electron chi connectivity index (χ2n) is 4.35. The van der Waals surface area contributed by atoms with Crippen LogP contribution in [0.4, 0.5) is 0 Å². The van der Waals surface area contributed by atoms with Crippen LogP contribution in [0.25, 0.3) is 11.5 Å². The highest BCUT2D eigenvalue weighted by Gasteiger charge is 2.13. The van der Waals surface area contributed by atoms with Crippen LogP contribution in [0.2, 0.25) is 0 Å². The highest BCUT2D eigenvalue weighted by atomic mass is 16.5. The number of nitrogens with zero attached hydrogens (tertiary/aromatic N) is 2. The lowest BCUT2D eigenvalue weighted by Crippen LogP contribution is -2.26. The summed E-state index contributed by atoms with van der Waals surface area (Å²) >= 11 is 0. The first-order valence-corrected chi connectivity index (χ1v) is 6.51. The monoisotopic (exact) mass is 278 g/mol. The number of esters is 1. The molecule has 6 nitrogen and oxygen atoms in total. The molecule has 2 aromatic rings. The summed E-state index contributed by atoms with van der Waals surface area (Å²) in [6.07, 6.45) is 1.96. The van der Waals surface area contributed by atoms with E-state index in [9.17, 15) is 4.79 Å². The van der Waals surface area contributed by atoms with Gasteiger partial charge in [0.2, 0.25) is 5.76 Å². The van der Waals surface area contributed by atoms with Gasteiger partial charge in [-0.2, -0.15) is 0 Å².